The Morgan fingerprint density at radius 2 is 1.64 bits per heavy atom. The van der Waals surface area contributed by atoms with Crippen LogP contribution in [-0.4, -0.2) is 15.8 Å². The van der Waals surface area contributed by atoms with Crippen LogP contribution in [0.5, 0.6) is 11.5 Å². The first-order valence-corrected chi connectivity index (χ1v) is 7.77. The molecule has 0 bridgehead atoms. The van der Waals surface area contributed by atoms with Gasteiger partial charge in [0.1, 0.15) is 11.5 Å². The van der Waals surface area contributed by atoms with Gasteiger partial charge in [0, 0.05) is 29.4 Å². The molecule has 0 N–H and O–H groups in total. The lowest BCUT2D eigenvalue weighted by molar-refractivity contribution is 0.488. The van der Waals surface area contributed by atoms with Crippen molar-refractivity contribution in [2.24, 2.45) is 0 Å². The highest BCUT2D eigenvalue weighted by Gasteiger charge is 2.04. The van der Waals surface area contributed by atoms with Crippen LogP contribution in [-0.2, 0) is 11.3 Å². The van der Waals surface area contributed by atoms with Crippen LogP contribution in [0.3, 0.4) is 0 Å². The lowest BCUT2D eigenvalue weighted by atomic mass is 10.1. The van der Waals surface area contributed by atoms with Gasteiger partial charge in [-0.05, 0) is 35.7 Å². The molecule has 4 nitrogen and oxygen atoms in total. The molecule has 0 heterocycles. The molecule has 0 saturated carbocycles. The number of rotatable bonds is 4. The van der Waals surface area contributed by atoms with Crippen LogP contribution in [0.4, 0.5) is 5.69 Å². The van der Waals surface area contributed by atoms with Gasteiger partial charge in [-0.3, -0.25) is 4.21 Å². The molecule has 112 valence electrons. The molecule has 0 saturated heterocycles. The fourth-order valence-corrected chi connectivity index (χ4v) is 2.52. The number of ether oxygens (including phenoxy) is 1. The van der Waals surface area contributed by atoms with E-state index in [2.05, 4.69) is 0 Å². The summed E-state index contributed by atoms with van der Waals surface area (Å²) in [6.07, 6.45) is 0. The van der Waals surface area contributed by atoms with E-state index in [-0.39, 0.29) is 0 Å². The molecular weight excluding hydrogens is 298 g/mol. The largest absolute Gasteiger partial charge is 0.755 e. The van der Waals surface area contributed by atoms with Gasteiger partial charge in [-0.2, -0.15) is 0 Å². The molecule has 5 heteroatoms. The van der Waals surface area contributed by atoms with Crippen LogP contribution < -0.4 is 9.04 Å². The maximum Gasteiger partial charge on any atom is 0.135 e. The maximum atomic E-state index is 10.9. The van der Waals surface area contributed by atoms with Crippen molar-refractivity contribution in [1.82, 2.24) is 0 Å². The molecule has 0 aromatic heterocycles. The average Bonchev–Trinajstić information content (AvgIpc) is 2.55. The molecule has 0 fully saturated rings. The molecule has 22 heavy (non-hydrogen) atoms. The van der Waals surface area contributed by atoms with Crippen molar-refractivity contribution in [2.45, 2.75) is 0 Å². The minimum Gasteiger partial charge on any atom is -0.755 e. The number of fused-ring (bicyclic) bond motifs is 1. The third-order valence-electron chi connectivity index (χ3n) is 3.40. The zero-order valence-electron chi connectivity index (χ0n) is 11.9. The minimum absolute atomic E-state index is 0.582. The summed E-state index contributed by atoms with van der Waals surface area (Å²) in [4.78, 5) is 0. The van der Waals surface area contributed by atoms with E-state index < -0.39 is 11.3 Å². The second-order valence-corrected chi connectivity index (χ2v) is 5.77. The fourth-order valence-electron chi connectivity index (χ4n) is 2.22. The lowest BCUT2D eigenvalue weighted by Gasteiger charge is -2.21. The number of hydrogen-bond donors (Lipinski definition) is 0. The summed E-state index contributed by atoms with van der Waals surface area (Å²) in [7, 11) is 1.49. The Morgan fingerprint density at radius 3 is 2.36 bits per heavy atom. The SMILES string of the molecule is CN(c1ccc(Oc2cccc3ccccc23)cc1)S(=O)[O-]. The molecule has 0 spiro atoms. The Hall–Kier alpha value is -2.37. The summed E-state index contributed by atoms with van der Waals surface area (Å²) in [6.45, 7) is 0. The quantitative estimate of drug-likeness (QED) is 0.687. The molecule has 3 aromatic carbocycles. The maximum absolute atomic E-state index is 10.9. The predicted octanol–water partition coefficient (Wildman–Crippen LogP) is 3.86. The third kappa shape index (κ3) is 2.95. The van der Waals surface area contributed by atoms with Gasteiger partial charge in [-0.15, -0.1) is 0 Å². The topological polar surface area (TPSA) is 52.6 Å². The van der Waals surface area contributed by atoms with Crippen LogP contribution >= 0.6 is 0 Å². The number of anilines is 1. The highest BCUT2D eigenvalue weighted by molar-refractivity contribution is 7.80. The molecule has 0 aliphatic heterocycles. The van der Waals surface area contributed by atoms with Gasteiger partial charge in [0.05, 0.1) is 0 Å². The number of benzene rings is 3. The molecule has 3 aromatic rings. The van der Waals surface area contributed by atoms with Gasteiger partial charge < -0.3 is 13.6 Å². The van der Waals surface area contributed by atoms with Crippen molar-refractivity contribution in [3.8, 4) is 11.5 Å². The Bertz CT molecular complexity index is 812. The van der Waals surface area contributed by atoms with E-state index in [0.717, 1.165) is 20.8 Å². The summed E-state index contributed by atoms with van der Waals surface area (Å²) in [5.41, 5.74) is 0.582. The van der Waals surface area contributed by atoms with Gasteiger partial charge >= 0.3 is 0 Å². The van der Waals surface area contributed by atoms with Gasteiger partial charge in [0.15, 0.2) is 0 Å². The zero-order valence-corrected chi connectivity index (χ0v) is 12.7. The van der Waals surface area contributed by atoms with Crippen molar-refractivity contribution >= 4 is 27.7 Å². The second-order valence-electron chi connectivity index (χ2n) is 4.79. The molecular formula is C17H14NO3S-. The van der Waals surface area contributed by atoms with Gasteiger partial charge in [-0.25, -0.2) is 0 Å². The molecule has 0 radical (unpaired) electrons. The monoisotopic (exact) mass is 312 g/mol. The van der Waals surface area contributed by atoms with E-state index in [1.807, 2.05) is 42.5 Å². The summed E-state index contributed by atoms with van der Waals surface area (Å²) in [6, 6.07) is 20.8. The van der Waals surface area contributed by atoms with E-state index in [0.29, 0.717) is 11.4 Å². The van der Waals surface area contributed by atoms with Crippen LogP contribution in [0.2, 0.25) is 0 Å². The van der Waals surface area contributed by atoms with Gasteiger partial charge in [0.2, 0.25) is 0 Å². The first-order chi connectivity index (χ1) is 10.6. The van der Waals surface area contributed by atoms with E-state index in [4.69, 9.17) is 4.74 Å². The molecule has 0 amide bonds. The van der Waals surface area contributed by atoms with Crippen molar-refractivity contribution in [3.63, 3.8) is 0 Å². The summed E-state index contributed by atoms with van der Waals surface area (Å²) in [5, 5.41) is 2.14. The molecule has 0 aliphatic rings. The van der Waals surface area contributed by atoms with Gasteiger partial charge in [-0.1, -0.05) is 36.4 Å². The third-order valence-corrected chi connectivity index (χ3v) is 4.06. The van der Waals surface area contributed by atoms with E-state index in [1.165, 1.54) is 7.05 Å². The standard InChI is InChI=1S/C17H15NO3S/c1-18(22(19)20)14-9-11-15(12-10-14)21-17-8-4-6-13-5-2-3-7-16(13)17/h2-12H,1H3,(H,19,20)/p-1. The molecule has 3 rings (SSSR count). The van der Waals surface area contributed by atoms with Crippen LogP contribution in [0.15, 0.2) is 66.7 Å². The summed E-state index contributed by atoms with van der Waals surface area (Å²) < 4.78 is 28.9. The van der Waals surface area contributed by atoms with E-state index in [1.54, 1.807) is 24.3 Å². The Balaban J connectivity index is 1.88. The summed E-state index contributed by atoms with van der Waals surface area (Å²) >= 11 is -2.28. The van der Waals surface area contributed by atoms with Crippen LogP contribution in [0.1, 0.15) is 0 Å². The lowest BCUT2D eigenvalue weighted by Crippen LogP contribution is -2.19. The Kier molecular flexibility index (Phi) is 4.09. The minimum atomic E-state index is -2.28. The van der Waals surface area contributed by atoms with Crippen molar-refractivity contribution in [1.29, 1.82) is 0 Å². The molecule has 0 aliphatic carbocycles. The smallest absolute Gasteiger partial charge is 0.135 e. The summed E-state index contributed by atoms with van der Waals surface area (Å²) in [5.74, 6) is 1.43. The van der Waals surface area contributed by atoms with Crippen molar-refractivity contribution in [3.05, 3.63) is 66.7 Å². The Labute approximate surface area is 131 Å². The molecule has 1 unspecified atom stereocenters. The zero-order chi connectivity index (χ0) is 15.5. The van der Waals surface area contributed by atoms with Crippen molar-refractivity contribution in [2.75, 3.05) is 11.4 Å². The number of nitrogens with zero attached hydrogens (tertiary/aromatic N) is 1. The average molecular weight is 312 g/mol. The van der Waals surface area contributed by atoms with E-state index >= 15 is 0 Å². The number of hydrogen-bond acceptors (Lipinski definition) is 3. The first-order valence-electron chi connectivity index (χ1n) is 6.74. The van der Waals surface area contributed by atoms with E-state index in [9.17, 15) is 8.76 Å². The van der Waals surface area contributed by atoms with Crippen LogP contribution in [0.25, 0.3) is 10.8 Å². The molecule has 1 atom stereocenters. The highest BCUT2D eigenvalue weighted by Crippen LogP contribution is 2.30. The van der Waals surface area contributed by atoms with Gasteiger partial charge in [0.25, 0.3) is 0 Å². The highest BCUT2D eigenvalue weighted by atomic mass is 32.2. The van der Waals surface area contributed by atoms with Crippen LogP contribution in [0, 0.1) is 0 Å². The normalized spacial score (nSPS) is 12.1. The predicted molar refractivity (Wildman–Crippen MR) is 87.8 cm³/mol. The van der Waals surface area contributed by atoms with Crippen molar-refractivity contribution < 1.29 is 13.5 Å². The Morgan fingerprint density at radius 1 is 0.955 bits per heavy atom. The fraction of sp³-hybridized carbons (Fsp3) is 0.0588. The second kappa shape index (κ2) is 6.17. The first kappa shape index (κ1) is 14.6.